The summed E-state index contributed by atoms with van der Waals surface area (Å²) in [5, 5.41) is 0. The SMILES string of the molecule is CC/C=C\C/C=C\C/C=C\C/C=C\C/C=C\C/C=C\CCCCCCCCC(=O)OCC(COC(=O)CCCCCCC/C=C\CCCCC)OC(=O)CCCCCCCCCCCCCCC. The summed E-state index contributed by atoms with van der Waals surface area (Å²) in [6.07, 6.45) is 72.8. The molecule has 0 aromatic heterocycles. The van der Waals surface area contributed by atoms with E-state index in [4.69, 9.17) is 14.2 Å². The van der Waals surface area contributed by atoms with Gasteiger partial charge in [-0.25, -0.2) is 0 Å². The second-order valence-corrected chi connectivity index (χ2v) is 18.8. The van der Waals surface area contributed by atoms with Gasteiger partial charge in [-0.05, 0) is 96.3 Å². The Bertz CT molecular complexity index is 1320. The first-order valence-electron chi connectivity index (χ1n) is 28.6. The van der Waals surface area contributed by atoms with Crippen molar-refractivity contribution < 1.29 is 28.6 Å². The third-order valence-electron chi connectivity index (χ3n) is 12.1. The number of hydrogen-bond acceptors (Lipinski definition) is 6. The molecular formula is C62H106O6. The Morgan fingerprint density at radius 1 is 0.309 bits per heavy atom. The van der Waals surface area contributed by atoms with Crippen LogP contribution in [0.25, 0.3) is 0 Å². The van der Waals surface area contributed by atoms with E-state index in [1.807, 2.05) is 0 Å². The van der Waals surface area contributed by atoms with Gasteiger partial charge >= 0.3 is 17.9 Å². The molecule has 0 aliphatic carbocycles. The number of allylic oxidation sites excluding steroid dienone is 14. The number of esters is 3. The highest BCUT2D eigenvalue weighted by atomic mass is 16.6. The average molecular weight is 948 g/mol. The molecule has 0 radical (unpaired) electrons. The van der Waals surface area contributed by atoms with Crippen molar-refractivity contribution in [2.75, 3.05) is 13.2 Å². The zero-order valence-corrected chi connectivity index (χ0v) is 44.6. The fourth-order valence-corrected chi connectivity index (χ4v) is 7.85. The standard InChI is InChI=1S/C62H106O6/c1-4-7-10-13-16-19-22-25-26-27-28-29-30-31-32-33-34-35-36-38-40-43-46-49-52-55-61(64)67-58-59(57-66-60(63)54-51-48-45-42-39-24-21-18-15-12-9-6-3)68-62(65)56-53-50-47-44-41-37-23-20-17-14-11-8-5-2/h7,10,16,18-19,21,25-26,28-29,31-32,34-35,59H,4-6,8-9,11-15,17,20,22-24,27,30,33,36-58H2,1-3H3/b10-7-,19-16-,21-18-,26-25-,29-28-,32-31-,35-34-. The first-order chi connectivity index (χ1) is 33.5. The van der Waals surface area contributed by atoms with E-state index in [1.54, 1.807) is 0 Å². The van der Waals surface area contributed by atoms with Crippen LogP contribution < -0.4 is 0 Å². The van der Waals surface area contributed by atoms with Crippen LogP contribution in [0.2, 0.25) is 0 Å². The van der Waals surface area contributed by atoms with E-state index in [2.05, 4.69) is 106 Å². The Balaban J connectivity index is 4.33. The van der Waals surface area contributed by atoms with Crippen molar-refractivity contribution in [1.29, 1.82) is 0 Å². The molecule has 6 nitrogen and oxygen atoms in total. The predicted octanol–water partition coefficient (Wildman–Crippen LogP) is 19.2. The minimum absolute atomic E-state index is 0.0837. The molecule has 0 fully saturated rings. The van der Waals surface area contributed by atoms with Gasteiger partial charge in [-0.1, -0.05) is 241 Å². The second-order valence-electron chi connectivity index (χ2n) is 18.8. The van der Waals surface area contributed by atoms with E-state index in [0.29, 0.717) is 19.3 Å². The number of carbonyl (C=O) groups is 3. The molecular weight excluding hydrogens is 841 g/mol. The molecule has 390 valence electrons. The normalized spacial score (nSPS) is 12.7. The second kappa shape index (κ2) is 56.2. The Morgan fingerprint density at radius 3 is 0.941 bits per heavy atom. The van der Waals surface area contributed by atoms with Crippen molar-refractivity contribution in [3.05, 3.63) is 85.1 Å². The first-order valence-corrected chi connectivity index (χ1v) is 28.6. The molecule has 0 N–H and O–H groups in total. The maximum atomic E-state index is 12.8. The molecule has 0 aliphatic heterocycles. The quantitative estimate of drug-likeness (QED) is 0.0262. The van der Waals surface area contributed by atoms with E-state index in [1.165, 1.54) is 116 Å². The maximum Gasteiger partial charge on any atom is 0.306 e. The van der Waals surface area contributed by atoms with Crippen LogP contribution in [0.3, 0.4) is 0 Å². The van der Waals surface area contributed by atoms with Crippen molar-refractivity contribution in [3.63, 3.8) is 0 Å². The Kier molecular flexibility index (Phi) is 53.4. The lowest BCUT2D eigenvalue weighted by Gasteiger charge is -2.18. The van der Waals surface area contributed by atoms with Gasteiger partial charge in [-0.15, -0.1) is 0 Å². The van der Waals surface area contributed by atoms with Gasteiger partial charge in [0.05, 0.1) is 0 Å². The Hall–Kier alpha value is -3.41. The summed E-state index contributed by atoms with van der Waals surface area (Å²) in [7, 11) is 0. The summed E-state index contributed by atoms with van der Waals surface area (Å²) in [6.45, 7) is 6.49. The molecule has 0 aromatic rings. The van der Waals surface area contributed by atoms with E-state index in [9.17, 15) is 14.4 Å². The smallest absolute Gasteiger partial charge is 0.306 e. The fraction of sp³-hybridized carbons (Fsp3) is 0.726. The van der Waals surface area contributed by atoms with E-state index >= 15 is 0 Å². The monoisotopic (exact) mass is 947 g/mol. The van der Waals surface area contributed by atoms with Gasteiger partial charge < -0.3 is 14.2 Å². The number of carbonyl (C=O) groups excluding carboxylic acids is 3. The summed E-state index contributed by atoms with van der Waals surface area (Å²) >= 11 is 0. The van der Waals surface area contributed by atoms with Crippen LogP contribution in [-0.4, -0.2) is 37.2 Å². The molecule has 0 aromatic carbocycles. The number of unbranched alkanes of at least 4 members (excludes halogenated alkanes) is 26. The molecule has 0 heterocycles. The van der Waals surface area contributed by atoms with Crippen LogP contribution in [0, 0.1) is 0 Å². The molecule has 0 bridgehead atoms. The molecule has 1 atom stereocenters. The lowest BCUT2D eigenvalue weighted by molar-refractivity contribution is -0.167. The zero-order chi connectivity index (χ0) is 49.3. The molecule has 0 saturated carbocycles. The molecule has 68 heavy (non-hydrogen) atoms. The van der Waals surface area contributed by atoms with Gasteiger partial charge in [0.2, 0.25) is 0 Å². The van der Waals surface area contributed by atoms with Crippen LogP contribution >= 0.6 is 0 Å². The third-order valence-corrected chi connectivity index (χ3v) is 12.1. The zero-order valence-electron chi connectivity index (χ0n) is 44.6. The topological polar surface area (TPSA) is 78.9 Å². The van der Waals surface area contributed by atoms with Crippen molar-refractivity contribution >= 4 is 17.9 Å². The van der Waals surface area contributed by atoms with Crippen molar-refractivity contribution in [1.82, 2.24) is 0 Å². The van der Waals surface area contributed by atoms with Gasteiger partial charge in [0, 0.05) is 19.3 Å². The Labute approximate surface area is 420 Å². The highest BCUT2D eigenvalue weighted by molar-refractivity contribution is 5.71. The van der Waals surface area contributed by atoms with E-state index in [-0.39, 0.29) is 31.1 Å². The summed E-state index contributed by atoms with van der Waals surface area (Å²) in [5.74, 6) is -0.901. The largest absolute Gasteiger partial charge is 0.462 e. The van der Waals surface area contributed by atoms with Crippen LogP contribution in [0.15, 0.2) is 85.1 Å². The molecule has 0 aliphatic rings. The highest BCUT2D eigenvalue weighted by Crippen LogP contribution is 2.15. The van der Waals surface area contributed by atoms with Crippen LogP contribution in [-0.2, 0) is 28.6 Å². The predicted molar refractivity (Wildman–Crippen MR) is 293 cm³/mol. The van der Waals surface area contributed by atoms with Crippen molar-refractivity contribution in [2.45, 2.75) is 277 Å². The van der Waals surface area contributed by atoms with Gasteiger partial charge in [0.15, 0.2) is 6.10 Å². The van der Waals surface area contributed by atoms with Gasteiger partial charge in [0.25, 0.3) is 0 Å². The lowest BCUT2D eigenvalue weighted by atomic mass is 10.0. The summed E-state index contributed by atoms with van der Waals surface area (Å²) in [6, 6.07) is 0. The molecule has 1 unspecified atom stereocenters. The molecule has 0 amide bonds. The molecule has 0 rings (SSSR count). The number of hydrogen-bond donors (Lipinski definition) is 0. The van der Waals surface area contributed by atoms with Crippen molar-refractivity contribution in [2.24, 2.45) is 0 Å². The summed E-state index contributed by atoms with van der Waals surface area (Å²) < 4.78 is 16.8. The van der Waals surface area contributed by atoms with Crippen LogP contribution in [0.1, 0.15) is 271 Å². The number of rotatable bonds is 51. The fourth-order valence-electron chi connectivity index (χ4n) is 7.85. The molecule has 0 saturated heterocycles. The lowest BCUT2D eigenvalue weighted by Crippen LogP contribution is -2.30. The summed E-state index contributed by atoms with van der Waals surface area (Å²) in [4.78, 5) is 38.1. The van der Waals surface area contributed by atoms with Crippen molar-refractivity contribution in [3.8, 4) is 0 Å². The minimum Gasteiger partial charge on any atom is -0.462 e. The van der Waals surface area contributed by atoms with Gasteiger partial charge in [0.1, 0.15) is 13.2 Å². The van der Waals surface area contributed by atoms with Gasteiger partial charge in [-0.3, -0.25) is 14.4 Å². The average Bonchev–Trinajstić information content (AvgIpc) is 3.34. The minimum atomic E-state index is -0.784. The maximum absolute atomic E-state index is 12.8. The van der Waals surface area contributed by atoms with E-state index < -0.39 is 6.10 Å². The van der Waals surface area contributed by atoms with Gasteiger partial charge in [-0.2, -0.15) is 0 Å². The van der Waals surface area contributed by atoms with E-state index in [0.717, 1.165) is 116 Å². The third kappa shape index (κ3) is 53.5. The van der Waals surface area contributed by atoms with Crippen LogP contribution in [0.4, 0.5) is 0 Å². The van der Waals surface area contributed by atoms with Crippen LogP contribution in [0.5, 0.6) is 0 Å². The number of ether oxygens (including phenoxy) is 3. The molecule has 0 spiro atoms. The Morgan fingerprint density at radius 2 is 0.574 bits per heavy atom. The molecule has 6 heteroatoms. The first kappa shape index (κ1) is 64.6. The summed E-state index contributed by atoms with van der Waals surface area (Å²) in [5.41, 5.74) is 0. The highest BCUT2D eigenvalue weighted by Gasteiger charge is 2.19.